The first kappa shape index (κ1) is 18.1. The number of nitrogens with one attached hydrogen (secondary N) is 1. The van der Waals surface area contributed by atoms with E-state index in [0.717, 1.165) is 29.7 Å². The van der Waals surface area contributed by atoms with Crippen molar-refractivity contribution >= 4 is 27.3 Å². The number of rotatable bonds is 6. The average Bonchev–Trinajstić information content (AvgIpc) is 3.02. The Bertz CT molecular complexity index is 886. The smallest absolute Gasteiger partial charge is 0.308 e. The van der Waals surface area contributed by atoms with Crippen molar-refractivity contribution in [3.8, 4) is 0 Å². The van der Waals surface area contributed by atoms with Crippen LogP contribution >= 0.6 is 11.3 Å². The predicted octanol–water partition coefficient (Wildman–Crippen LogP) is 3.29. The minimum atomic E-state index is -3.67. The number of hydrogen-bond acceptors (Lipinski definition) is 4. The number of fused-ring (bicyclic) bond motifs is 1. The van der Waals surface area contributed by atoms with Crippen LogP contribution in [-0.2, 0) is 34.1 Å². The van der Waals surface area contributed by atoms with Gasteiger partial charge >= 0.3 is 5.97 Å². The highest BCUT2D eigenvalue weighted by Gasteiger charge is 2.22. The molecule has 0 radical (unpaired) electrons. The van der Waals surface area contributed by atoms with Crippen molar-refractivity contribution in [2.75, 3.05) is 0 Å². The standard InChI is InChI=1S/C18H21NO4S2/c1-12(14-7-6-13-4-2-3-5-15(13)10-14)19-25(22,23)18-9-8-16(24-18)11-17(20)21/h6-10,12,19H,2-5,11H2,1H3,(H,20,21). The number of carboxylic acids is 1. The molecule has 1 aromatic carbocycles. The van der Waals surface area contributed by atoms with Gasteiger partial charge in [0.05, 0.1) is 6.42 Å². The Morgan fingerprint density at radius 1 is 1.20 bits per heavy atom. The second-order valence-electron chi connectivity index (χ2n) is 6.37. The fourth-order valence-corrected chi connectivity index (χ4v) is 5.72. The van der Waals surface area contributed by atoms with E-state index < -0.39 is 16.0 Å². The third-order valence-electron chi connectivity index (χ3n) is 4.43. The highest BCUT2D eigenvalue weighted by atomic mass is 32.2. The van der Waals surface area contributed by atoms with Crippen LogP contribution in [0.4, 0.5) is 0 Å². The molecule has 0 fully saturated rings. The molecule has 1 atom stereocenters. The number of carbonyl (C=O) groups is 1. The lowest BCUT2D eigenvalue weighted by Crippen LogP contribution is -2.26. The number of thiophene rings is 1. The zero-order valence-corrected chi connectivity index (χ0v) is 15.6. The summed E-state index contributed by atoms with van der Waals surface area (Å²) >= 11 is 0.997. The van der Waals surface area contributed by atoms with E-state index in [-0.39, 0.29) is 16.7 Å². The Labute approximate surface area is 151 Å². The molecule has 5 nitrogen and oxygen atoms in total. The SMILES string of the molecule is CC(NS(=O)(=O)c1ccc(CC(=O)O)s1)c1ccc2c(c1)CCCC2. The van der Waals surface area contributed by atoms with E-state index in [1.54, 1.807) is 6.07 Å². The second-order valence-corrected chi connectivity index (χ2v) is 9.48. The van der Waals surface area contributed by atoms with Crippen molar-refractivity contribution in [3.05, 3.63) is 51.9 Å². The van der Waals surface area contributed by atoms with Crippen molar-refractivity contribution < 1.29 is 18.3 Å². The van der Waals surface area contributed by atoms with Gasteiger partial charge in [0.15, 0.2) is 0 Å². The van der Waals surface area contributed by atoms with Gasteiger partial charge in [0.25, 0.3) is 10.0 Å². The van der Waals surface area contributed by atoms with Crippen LogP contribution in [0.25, 0.3) is 0 Å². The van der Waals surface area contributed by atoms with Crippen molar-refractivity contribution in [3.63, 3.8) is 0 Å². The number of sulfonamides is 1. The van der Waals surface area contributed by atoms with E-state index in [9.17, 15) is 13.2 Å². The lowest BCUT2D eigenvalue weighted by atomic mass is 9.89. The molecule has 0 aliphatic heterocycles. The van der Waals surface area contributed by atoms with Crippen molar-refractivity contribution in [1.29, 1.82) is 0 Å². The van der Waals surface area contributed by atoms with Crippen LogP contribution in [0.1, 0.15) is 47.4 Å². The van der Waals surface area contributed by atoms with Gasteiger partial charge in [-0.3, -0.25) is 4.79 Å². The zero-order valence-electron chi connectivity index (χ0n) is 14.0. The van der Waals surface area contributed by atoms with Gasteiger partial charge in [-0.1, -0.05) is 18.2 Å². The number of hydrogen-bond donors (Lipinski definition) is 2. The van der Waals surface area contributed by atoms with Crippen LogP contribution in [0.2, 0.25) is 0 Å². The van der Waals surface area contributed by atoms with Gasteiger partial charge in [0.1, 0.15) is 4.21 Å². The lowest BCUT2D eigenvalue weighted by Gasteiger charge is -2.19. The van der Waals surface area contributed by atoms with Crippen molar-refractivity contribution in [2.24, 2.45) is 0 Å². The minimum Gasteiger partial charge on any atom is -0.481 e. The molecule has 0 saturated carbocycles. The molecule has 1 aromatic heterocycles. The maximum absolute atomic E-state index is 12.6. The maximum atomic E-state index is 12.6. The van der Waals surface area contributed by atoms with Crippen LogP contribution in [0, 0.1) is 0 Å². The van der Waals surface area contributed by atoms with E-state index in [0.29, 0.717) is 4.88 Å². The van der Waals surface area contributed by atoms with E-state index in [1.807, 2.05) is 13.0 Å². The molecule has 2 N–H and O–H groups in total. The van der Waals surface area contributed by atoms with Crippen LogP contribution in [0.15, 0.2) is 34.5 Å². The summed E-state index contributed by atoms with van der Waals surface area (Å²) in [6.07, 6.45) is 4.37. The molecule has 1 aliphatic carbocycles. The third kappa shape index (κ3) is 4.29. The molecule has 0 amide bonds. The largest absolute Gasteiger partial charge is 0.481 e. The van der Waals surface area contributed by atoms with Gasteiger partial charge in [-0.15, -0.1) is 11.3 Å². The van der Waals surface area contributed by atoms with Gasteiger partial charge in [-0.05, 0) is 61.4 Å². The normalized spacial score (nSPS) is 15.6. The highest BCUT2D eigenvalue weighted by molar-refractivity contribution is 7.91. The molecule has 0 bridgehead atoms. The first-order valence-electron chi connectivity index (χ1n) is 8.30. The molecule has 134 valence electrons. The summed E-state index contributed by atoms with van der Waals surface area (Å²) in [5.74, 6) is -0.971. The number of aliphatic carboxylic acids is 1. The van der Waals surface area contributed by atoms with E-state index >= 15 is 0 Å². The quantitative estimate of drug-likeness (QED) is 0.807. The van der Waals surface area contributed by atoms with Crippen LogP contribution in [-0.4, -0.2) is 19.5 Å². The minimum absolute atomic E-state index is 0.147. The first-order chi connectivity index (χ1) is 11.8. The molecule has 7 heteroatoms. The predicted molar refractivity (Wildman–Crippen MR) is 97.5 cm³/mol. The van der Waals surface area contributed by atoms with E-state index in [4.69, 9.17) is 5.11 Å². The fourth-order valence-electron chi connectivity index (χ4n) is 3.13. The van der Waals surface area contributed by atoms with Gasteiger partial charge in [0.2, 0.25) is 0 Å². The van der Waals surface area contributed by atoms with Gasteiger partial charge in [-0.25, -0.2) is 13.1 Å². The summed E-state index contributed by atoms with van der Waals surface area (Å²) in [5.41, 5.74) is 3.63. The summed E-state index contributed by atoms with van der Waals surface area (Å²) in [6, 6.07) is 8.86. The maximum Gasteiger partial charge on any atom is 0.308 e. The average molecular weight is 380 g/mol. The van der Waals surface area contributed by atoms with Crippen molar-refractivity contribution in [1.82, 2.24) is 4.72 Å². The van der Waals surface area contributed by atoms with Gasteiger partial charge in [-0.2, -0.15) is 0 Å². The van der Waals surface area contributed by atoms with Gasteiger partial charge < -0.3 is 5.11 Å². The Kier molecular flexibility index (Phi) is 5.27. The summed E-state index contributed by atoms with van der Waals surface area (Å²) in [6.45, 7) is 1.83. The van der Waals surface area contributed by atoms with Crippen LogP contribution < -0.4 is 4.72 Å². The molecule has 0 spiro atoms. The van der Waals surface area contributed by atoms with Crippen molar-refractivity contribution in [2.45, 2.75) is 49.3 Å². The number of benzene rings is 1. The molecule has 2 aromatic rings. The summed E-state index contributed by atoms with van der Waals surface area (Å²) < 4.78 is 28.0. The molecule has 1 aliphatic rings. The molecule has 25 heavy (non-hydrogen) atoms. The molecule has 1 unspecified atom stereocenters. The monoisotopic (exact) mass is 379 g/mol. The Hall–Kier alpha value is -1.70. The summed E-state index contributed by atoms with van der Waals surface area (Å²) in [4.78, 5) is 11.3. The number of carboxylic acid groups (broad SMARTS) is 1. The van der Waals surface area contributed by atoms with E-state index in [1.165, 1.54) is 30.0 Å². The van der Waals surface area contributed by atoms with Crippen LogP contribution in [0.3, 0.4) is 0 Å². The first-order valence-corrected chi connectivity index (χ1v) is 10.6. The third-order valence-corrected chi connectivity index (χ3v) is 7.55. The highest BCUT2D eigenvalue weighted by Crippen LogP contribution is 2.27. The number of aryl methyl sites for hydroxylation is 2. The van der Waals surface area contributed by atoms with Crippen LogP contribution in [0.5, 0.6) is 0 Å². The molecule has 0 saturated heterocycles. The van der Waals surface area contributed by atoms with Gasteiger partial charge in [0, 0.05) is 10.9 Å². The molecular formula is C18H21NO4S2. The summed E-state index contributed by atoms with van der Waals surface area (Å²) in [5, 5.41) is 8.81. The Morgan fingerprint density at radius 2 is 1.92 bits per heavy atom. The fraction of sp³-hybridized carbons (Fsp3) is 0.389. The topological polar surface area (TPSA) is 83.5 Å². The van der Waals surface area contributed by atoms with E-state index in [2.05, 4.69) is 16.9 Å². The zero-order chi connectivity index (χ0) is 18.0. The molecule has 3 rings (SSSR count). The molecular weight excluding hydrogens is 358 g/mol. The lowest BCUT2D eigenvalue weighted by molar-refractivity contribution is -0.136. The Morgan fingerprint density at radius 3 is 2.64 bits per heavy atom. The molecule has 1 heterocycles. The Balaban J connectivity index is 1.76. The second kappa shape index (κ2) is 7.27. The summed E-state index contributed by atoms with van der Waals surface area (Å²) in [7, 11) is -3.67.